The van der Waals surface area contributed by atoms with Crippen LogP contribution in [0.5, 0.6) is 0 Å². The molecule has 1 atom stereocenters. The molecule has 0 saturated carbocycles. The van der Waals surface area contributed by atoms with E-state index in [4.69, 9.17) is 5.73 Å². The van der Waals surface area contributed by atoms with Gasteiger partial charge in [-0.25, -0.2) is 4.39 Å². The van der Waals surface area contributed by atoms with Gasteiger partial charge in [0.2, 0.25) is 0 Å². The Morgan fingerprint density at radius 3 is 2.60 bits per heavy atom. The van der Waals surface area contributed by atoms with Crippen LogP contribution < -0.4 is 5.73 Å². The van der Waals surface area contributed by atoms with Gasteiger partial charge in [0, 0.05) is 0 Å². The number of hydrogen-bond acceptors (Lipinski definition) is 1. The number of halogens is 1. The second kappa shape index (κ2) is 4.45. The predicted molar refractivity (Wildman–Crippen MR) is 42.6 cm³/mol. The number of nitrogens with two attached hydrogens (primary N) is 1. The van der Waals surface area contributed by atoms with Crippen LogP contribution in [0.3, 0.4) is 0 Å². The summed E-state index contributed by atoms with van der Waals surface area (Å²) in [6.07, 6.45) is 3.63. The summed E-state index contributed by atoms with van der Waals surface area (Å²) in [6, 6.07) is 0. The number of alkyl halides is 1. The fourth-order valence-electron chi connectivity index (χ4n) is 0.717. The first-order valence-corrected chi connectivity index (χ1v) is 3.65. The molecule has 60 valence electrons. The molecule has 0 aromatic rings. The zero-order chi connectivity index (χ0) is 8.04. The largest absolute Gasteiger partial charge is 0.330 e. The van der Waals surface area contributed by atoms with E-state index in [0.717, 1.165) is 12.8 Å². The molecule has 1 unspecified atom stereocenters. The molecule has 0 radical (unpaired) electrons. The van der Waals surface area contributed by atoms with Gasteiger partial charge in [-0.3, -0.25) is 0 Å². The van der Waals surface area contributed by atoms with Crippen molar-refractivity contribution in [1.29, 1.82) is 0 Å². The van der Waals surface area contributed by atoms with Crippen molar-refractivity contribution >= 4 is 0 Å². The van der Waals surface area contributed by atoms with Gasteiger partial charge in [-0.05, 0) is 32.7 Å². The van der Waals surface area contributed by atoms with E-state index in [9.17, 15) is 4.39 Å². The van der Waals surface area contributed by atoms with E-state index in [1.54, 1.807) is 0 Å². The SMILES string of the molecule is C=CC(C)(F)CCCCN. The van der Waals surface area contributed by atoms with Gasteiger partial charge in [0.25, 0.3) is 0 Å². The van der Waals surface area contributed by atoms with Crippen molar-refractivity contribution in [3.63, 3.8) is 0 Å². The highest BCUT2D eigenvalue weighted by atomic mass is 19.1. The van der Waals surface area contributed by atoms with Gasteiger partial charge < -0.3 is 5.73 Å². The highest BCUT2D eigenvalue weighted by Gasteiger charge is 2.16. The van der Waals surface area contributed by atoms with Crippen LogP contribution in [0.4, 0.5) is 4.39 Å². The van der Waals surface area contributed by atoms with E-state index in [0.29, 0.717) is 13.0 Å². The summed E-state index contributed by atoms with van der Waals surface area (Å²) < 4.78 is 13.0. The van der Waals surface area contributed by atoms with Crippen molar-refractivity contribution in [2.75, 3.05) is 6.54 Å². The second-order valence-electron chi connectivity index (χ2n) is 2.73. The maximum Gasteiger partial charge on any atom is 0.126 e. The highest BCUT2D eigenvalue weighted by molar-refractivity contribution is 4.91. The minimum atomic E-state index is -1.20. The van der Waals surface area contributed by atoms with Crippen LogP contribution in [-0.4, -0.2) is 12.2 Å². The van der Waals surface area contributed by atoms with Crippen LogP contribution in [0.25, 0.3) is 0 Å². The Morgan fingerprint density at radius 2 is 2.20 bits per heavy atom. The van der Waals surface area contributed by atoms with Crippen molar-refractivity contribution in [2.24, 2.45) is 5.73 Å². The van der Waals surface area contributed by atoms with Crippen LogP contribution in [0.1, 0.15) is 26.2 Å². The Labute approximate surface area is 62.1 Å². The van der Waals surface area contributed by atoms with Crippen LogP contribution in [0.2, 0.25) is 0 Å². The topological polar surface area (TPSA) is 26.0 Å². The molecule has 2 N–H and O–H groups in total. The van der Waals surface area contributed by atoms with Crippen molar-refractivity contribution < 1.29 is 4.39 Å². The van der Waals surface area contributed by atoms with Crippen LogP contribution >= 0.6 is 0 Å². The highest BCUT2D eigenvalue weighted by Crippen LogP contribution is 2.18. The minimum Gasteiger partial charge on any atom is -0.330 e. The number of unbranched alkanes of at least 4 members (excludes halogenated alkanes) is 1. The molecule has 10 heavy (non-hydrogen) atoms. The quantitative estimate of drug-likeness (QED) is 0.465. The van der Waals surface area contributed by atoms with Crippen molar-refractivity contribution in [2.45, 2.75) is 31.9 Å². The van der Waals surface area contributed by atoms with E-state index >= 15 is 0 Å². The second-order valence-corrected chi connectivity index (χ2v) is 2.73. The van der Waals surface area contributed by atoms with Gasteiger partial charge in [0.05, 0.1) is 0 Å². The van der Waals surface area contributed by atoms with Crippen LogP contribution in [-0.2, 0) is 0 Å². The number of allylic oxidation sites excluding steroid dienone is 1. The Balaban J connectivity index is 3.37. The molecule has 0 aliphatic heterocycles. The smallest absolute Gasteiger partial charge is 0.126 e. The van der Waals surface area contributed by atoms with Gasteiger partial charge in [0.1, 0.15) is 5.67 Å². The monoisotopic (exact) mass is 145 g/mol. The molecule has 0 bridgehead atoms. The first kappa shape index (κ1) is 9.63. The third kappa shape index (κ3) is 4.50. The normalized spacial score (nSPS) is 16.3. The number of hydrogen-bond donors (Lipinski definition) is 1. The molecule has 0 fully saturated rings. The molecule has 0 aromatic carbocycles. The van der Waals surface area contributed by atoms with Gasteiger partial charge in [0.15, 0.2) is 0 Å². The maximum absolute atomic E-state index is 13.0. The zero-order valence-corrected chi connectivity index (χ0v) is 6.57. The van der Waals surface area contributed by atoms with Crippen molar-refractivity contribution in [1.82, 2.24) is 0 Å². The Bertz CT molecular complexity index is 99.4. The van der Waals surface area contributed by atoms with Gasteiger partial charge in [-0.15, -0.1) is 0 Å². The molecule has 0 amide bonds. The predicted octanol–water partition coefficient (Wildman–Crippen LogP) is 2.03. The van der Waals surface area contributed by atoms with E-state index in [1.807, 2.05) is 0 Å². The lowest BCUT2D eigenvalue weighted by Gasteiger charge is -2.13. The Kier molecular flexibility index (Phi) is 4.28. The third-order valence-corrected chi connectivity index (χ3v) is 1.55. The summed E-state index contributed by atoms with van der Waals surface area (Å²) in [5, 5.41) is 0. The molecular formula is C8H16FN. The summed E-state index contributed by atoms with van der Waals surface area (Å²) >= 11 is 0. The fraction of sp³-hybridized carbons (Fsp3) is 0.750. The maximum atomic E-state index is 13.0. The van der Waals surface area contributed by atoms with E-state index in [-0.39, 0.29) is 0 Å². The van der Waals surface area contributed by atoms with Crippen LogP contribution in [0, 0.1) is 0 Å². The molecule has 2 heteroatoms. The molecule has 0 spiro atoms. The molecule has 0 heterocycles. The molecule has 0 aromatic heterocycles. The van der Waals surface area contributed by atoms with Crippen molar-refractivity contribution in [3.05, 3.63) is 12.7 Å². The van der Waals surface area contributed by atoms with E-state index in [2.05, 4.69) is 6.58 Å². The molecule has 0 rings (SSSR count). The van der Waals surface area contributed by atoms with E-state index in [1.165, 1.54) is 13.0 Å². The van der Waals surface area contributed by atoms with Gasteiger partial charge >= 0.3 is 0 Å². The van der Waals surface area contributed by atoms with Gasteiger partial charge in [-0.1, -0.05) is 12.7 Å². The van der Waals surface area contributed by atoms with Crippen molar-refractivity contribution in [3.8, 4) is 0 Å². The zero-order valence-electron chi connectivity index (χ0n) is 6.57. The standard InChI is InChI=1S/C8H16FN/c1-3-8(2,9)6-4-5-7-10/h3H,1,4-7,10H2,2H3. The lowest BCUT2D eigenvalue weighted by Crippen LogP contribution is -2.13. The Hall–Kier alpha value is -0.370. The molecule has 0 aliphatic rings. The molecular weight excluding hydrogens is 129 g/mol. The molecule has 0 aliphatic carbocycles. The Morgan fingerprint density at radius 1 is 1.60 bits per heavy atom. The first-order chi connectivity index (χ1) is 4.62. The van der Waals surface area contributed by atoms with Gasteiger partial charge in [-0.2, -0.15) is 0 Å². The lowest BCUT2D eigenvalue weighted by atomic mass is 10.0. The number of rotatable bonds is 5. The summed E-state index contributed by atoms with van der Waals surface area (Å²) in [4.78, 5) is 0. The van der Waals surface area contributed by atoms with Crippen LogP contribution in [0.15, 0.2) is 12.7 Å². The molecule has 1 nitrogen and oxygen atoms in total. The average molecular weight is 145 g/mol. The summed E-state index contributed by atoms with van der Waals surface area (Å²) in [7, 11) is 0. The fourth-order valence-corrected chi connectivity index (χ4v) is 0.717. The summed E-state index contributed by atoms with van der Waals surface area (Å²) in [5.41, 5.74) is 4.05. The average Bonchev–Trinajstić information content (AvgIpc) is 1.89. The molecule has 0 saturated heterocycles. The lowest BCUT2D eigenvalue weighted by molar-refractivity contribution is 0.235. The summed E-state index contributed by atoms with van der Waals surface area (Å²) in [5.74, 6) is 0. The summed E-state index contributed by atoms with van der Waals surface area (Å²) in [6.45, 7) is 5.59. The van der Waals surface area contributed by atoms with E-state index < -0.39 is 5.67 Å². The minimum absolute atomic E-state index is 0.535. The first-order valence-electron chi connectivity index (χ1n) is 3.65. The third-order valence-electron chi connectivity index (χ3n) is 1.55.